The average molecular weight is 383 g/mol. The van der Waals surface area contributed by atoms with E-state index in [9.17, 15) is 9.59 Å². The fourth-order valence-electron chi connectivity index (χ4n) is 4.43. The van der Waals surface area contributed by atoms with Crippen LogP contribution in [-0.2, 0) is 9.59 Å². The highest BCUT2D eigenvalue weighted by atomic mass is 16.2. The Morgan fingerprint density at radius 3 is 1.67 bits per heavy atom. The van der Waals surface area contributed by atoms with Gasteiger partial charge in [-0.15, -0.1) is 0 Å². The molecule has 0 aromatic carbocycles. The Kier molecular flexibility index (Phi) is 10.3. The van der Waals surface area contributed by atoms with Crippen LogP contribution in [0.1, 0.15) is 105 Å². The Labute approximate surface area is 165 Å². The molecule has 1 fully saturated rings. The number of rotatable bonds is 12. The number of nitrogens with one attached hydrogen (secondary N) is 3. The molecule has 27 heavy (non-hydrogen) atoms. The Morgan fingerprint density at radius 1 is 0.815 bits per heavy atom. The van der Waals surface area contributed by atoms with Crippen LogP contribution in [0.15, 0.2) is 0 Å². The highest BCUT2D eigenvalue weighted by Gasteiger charge is 2.37. The van der Waals surface area contributed by atoms with Crippen molar-refractivity contribution in [1.82, 2.24) is 16.1 Å². The summed E-state index contributed by atoms with van der Waals surface area (Å²) in [6, 6.07) is 0.269. The van der Waals surface area contributed by atoms with E-state index in [4.69, 9.17) is 5.84 Å². The summed E-state index contributed by atoms with van der Waals surface area (Å²) in [5.74, 6) is 5.17. The van der Waals surface area contributed by atoms with Crippen LogP contribution in [0, 0.1) is 0 Å². The van der Waals surface area contributed by atoms with Gasteiger partial charge in [-0.2, -0.15) is 0 Å². The van der Waals surface area contributed by atoms with Crippen LogP contribution >= 0.6 is 0 Å². The number of carbonyl (C=O) groups is 2. The minimum atomic E-state index is -0.0788. The first-order chi connectivity index (χ1) is 12.6. The van der Waals surface area contributed by atoms with Crippen LogP contribution in [0.2, 0.25) is 0 Å². The number of amides is 2. The first-order valence-electron chi connectivity index (χ1n) is 10.7. The first-order valence-corrected chi connectivity index (χ1v) is 10.7. The predicted molar refractivity (Wildman–Crippen MR) is 111 cm³/mol. The minimum Gasteiger partial charge on any atom is -0.353 e. The van der Waals surface area contributed by atoms with Crippen molar-refractivity contribution in [1.29, 1.82) is 0 Å². The zero-order valence-corrected chi connectivity index (χ0v) is 18.0. The van der Waals surface area contributed by atoms with Crippen molar-refractivity contribution in [2.45, 2.75) is 122 Å². The van der Waals surface area contributed by atoms with Crippen molar-refractivity contribution in [3.05, 3.63) is 0 Å². The third kappa shape index (κ3) is 11.3. The van der Waals surface area contributed by atoms with Crippen molar-refractivity contribution in [3.63, 3.8) is 0 Å². The van der Waals surface area contributed by atoms with E-state index in [1.54, 1.807) is 0 Å². The van der Waals surface area contributed by atoms with E-state index in [0.717, 1.165) is 38.5 Å². The molecule has 2 amide bonds. The Balaban J connectivity index is 2.02. The molecule has 158 valence electrons. The molecular weight excluding hydrogens is 340 g/mol. The normalized spacial score (nSPS) is 18.9. The van der Waals surface area contributed by atoms with Crippen LogP contribution in [0.25, 0.3) is 0 Å². The minimum absolute atomic E-state index is 0.0633. The Hall–Kier alpha value is -1.14. The van der Waals surface area contributed by atoms with Crippen molar-refractivity contribution >= 4 is 11.8 Å². The number of hydrazine groups is 1. The molecule has 0 saturated carbocycles. The highest BCUT2D eigenvalue weighted by molar-refractivity contribution is 5.76. The molecule has 1 saturated heterocycles. The molecule has 0 bridgehead atoms. The summed E-state index contributed by atoms with van der Waals surface area (Å²) < 4.78 is 0. The maximum Gasteiger partial charge on any atom is 0.233 e. The third-order valence-corrected chi connectivity index (χ3v) is 5.27. The van der Waals surface area contributed by atoms with Gasteiger partial charge in [-0.05, 0) is 53.4 Å². The molecule has 1 aliphatic rings. The van der Waals surface area contributed by atoms with Gasteiger partial charge in [0.2, 0.25) is 11.8 Å². The molecule has 6 nitrogen and oxygen atoms in total. The molecule has 1 aliphatic heterocycles. The molecule has 0 aromatic rings. The number of nitrogens with two attached hydrogens (primary N) is 1. The maximum absolute atomic E-state index is 12.2. The standard InChI is InChI=1S/C21H42N4O2/c1-20(2)15-17(16-21(3,4)25-20)23-18(26)13-11-9-7-5-6-8-10-12-14-19(27)24-22/h17,25H,5-16,22H2,1-4H3,(H,23,26)(H,24,27). The lowest BCUT2D eigenvalue weighted by Crippen LogP contribution is -2.62. The van der Waals surface area contributed by atoms with E-state index in [-0.39, 0.29) is 28.9 Å². The van der Waals surface area contributed by atoms with Crippen molar-refractivity contribution in [2.75, 3.05) is 0 Å². The molecule has 5 N–H and O–H groups in total. The first kappa shape index (κ1) is 23.9. The molecule has 1 rings (SSSR count). The van der Waals surface area contributed by atoms with E-state index < -0.39 is 0 Å². The number of carbonyl (C=O) groups excluding carboxylic acids is 2. The summed E-state index contributed by atoms with van der Waals surface area (Å²) >= 11 is 0. The lowest BCUT2D eigenvalue weighted by atomic mass is 9.79. The fraction of sp³-hybridized carbons (Fsp3) is 0.905. The summed E-state index contributed by atoms with van der Waals surface area (Å²) in [6.45, 7) is 8.83. The summed E-state index contributed by atoms with van der Waals surface area (Å²) in [4.78, 5) is 23.2. The number of hydrogen-bond acceptors (Lipinski definition) is 4. The summed E-state index contributed by atoms with van der Waals surface area (Å²) in [5.41, 5.74) is 2.28. The summed E-state index contributed by atoms with van der Waals surface area (Å²) in [5, 5.41) is 6.90. The van der Waals surface area contributed by atoms with Gasteiger partial charge in [0.25, 0.3) is 0 Å². The van der Waals surface area contributed by atoms with Crippen LogP contribution in [-0.4, -0.2) is 28.9 Å². The largest absolute Gasteiger partial charge is 0.353 e. The molecule has 0 unspecified atom stereocenters. The zero-order chi connectivity index (χ0) is 20.3. The smallest absolute Gasteiger partial charge is 0.233 e. The van der Waals surface area contributed by atoms with Gasteiger partial charge >= 0.3 is 0 Å². The molecule has 0 spiro atoms. The lowest BCUT2D eigenvalue weighted by Gasteiger charge is -2.46. The molecular formula is C21H42N4O2. The van der Waals surface area contributed by atoms with Crippen LogP contribution in [0.4, 0.5) is 0 Å². The number of hydrogen-bond donors (Lipinski definition) is 4. The van der Waals surface area contributed by atoms with Gasteiger partial charge in [-0.1, -0.05) is 38.5 Å². The second-order valence-electron chi connectivity index (χ2n) is 9.46. The van der Waals surface area contributed by atoms with Gasteiger partial charge in [0.05, 0.1) is 0 Å². The van der Waals surface area contributed by atoms with Gasteiger partial charge in [-0.3, -0.25) is 15.0 Å². The third-order valence-electron chi connectivity index (χ3n) is 5.27. The van der Waals surface area contributed by atoms with Gasteiger partial charge in [-0.25, -0.2) is 5.84 Å². The SMILES string of the molecule is CC1(C)CC(NC(=O)CCCCCCCCCCC(=O)NN)CC(C)(C)N1. The monoisotopic (exact) mass is 382 g/mol. The van der Waals surface area contributed by atoms with E-state index >= 15 is 0 Å². The van der Waals surface area contributed by atoms with E-state index in [2.05, 4.69) is 43.8 Å². The quantitative estimate of drug-likeness (QED) is 0.180. The topological polar surface area (TPSA) is 96.2 Å². The van der Waals surface area contributed by atoms with E-state index in [1.165, 1.54) is 25.7 Å². The molecule has 1 heterocycles. The lowest BCUT2D eigenvalue weighted by molar-refractivity contribution is -0.122. The summed E-state index contributed by atoms with van der Waals surface area (Å²) in [6.07, 6.45) is 12.0. The number of piperidine rings is 1. The summed E-state index contributed by atoms with van der Waals surface area (Å²) in [7, 11) is 0. The predicted octanol–water partition coefficient (Wildman–Crippen LogP) is 3.30. The zero-order valence-electron chi connectivity index (χ0n) is 18.0. The second-order valence-corrected chi connectivity index (χ2v) is 9.46. The van der Waals surface area contributed by atoms with Crippen molar-refractivity contribution < 1.29 is 9.59 Å². The molecule has 0 aromatic heterocycles. The highest BCUT2D eigenvalue weighted by Crippen LogP contribution is 2.28. The van der Waals surface area contributed by atoms with Crippen molar-refractivity contribution in [3.8, 4) is 0 Å². The molecule has 0 radical (unpaired) electrons. The molecule has 0 aliphatic carbocycles. The van der Waals surface area contributed by atoms with Crippen LogP contribution in [0.5, 0.6) is 0 Å². The Morgan fingerprint density at radius 2 is 1.22 bits per heavy atom. The molecule has 0 atom stereocenters. The van der Waals surface area contributed by atoms with E-state index in [0.29, 0.717) is 12.8 Å². The second kappa shape index (κ2) is 11.6. The fourth-order valence-corrected chi connectivity index (χ4v) is 4.43. The number of unbranched alkanes of at least 4 members (excludes halogenated alkanes) is 7. The van der Waals surface area contributed by atoms with Crippen molar-refractivity contribution in [2.24, 2.45) is 5.84 Å². The molecule has 6 heteroatoms. The maximum atomic E-state index is 12.2. The van der Waals surface area contributed by atoms with Gasteiger partial charge in [0, 0.05) is 30.0 Å². The van der Waals surface area contributed by atoms with Crippen LogP contribution in [0.3, 0.4) is 0 Å². The van der Waals surface area contributed by atoms with Gasteiger partial charge in [0.15, 0.2) is 0 Å². The van der Waals surface area contributed by atoms with Gasteiger partial charge in [0.1, 0.15) is 0 Å². The average Bonchev–Trinajstić information content (AvgIpc) is 2.53. The van der Waals surface area contributed by atoms with Gasteiger partial charge < -0.3 is 10.6 Å². The van der Waals surface area contributed by atoms with E-state index in [1.807, 2.05) is 0 Å². The van der Waals surface area contributed by atoms with Crippen LogP contribution < -0.4 is 21.9 Å². The Bertz CT molecular complexity index is 447.